The number of pyridine rings is 1. The normalized spacial score (nSPS) is 17.2. The van der Waals surface area contributed by atoms with Crippen molar-refractivity contribution in [2.45, 2.75) is 13.0 Å². The maximum Gasteiger partial charge on any atom is 0.255 e. The van der Waals surface area contributed by atoms with Gasteiger partial charge in [0.2, 0.25) is 5.91 Å². The average molecular weight is 364 g/mol. The molecule has 2 aromatic heterocycles. The van der Waals surface area contributed by atoms with Gasteiger partial charge in [-0.15, -0.1) is 0 Å². The van der Waals surface area contributed by atoms with Gasteiger partial charge >= 0.3 is 0 Å². The SMILES string of the molecule is CC1CN(C(=O)c2cnc3c(ccn3-c3cccc(C(N)=O)c3)c2)CCO1. The van der Waals surface area contributed by atoms with Gasteiger partial charge in [0.1, 0.15) is 5.65 Å². The maximum atomic E-state index is 12.8. The van der Waals surface area contributed by atoms with Gasteiger partial charge in [0.15, 0.2) is 0 Å². The van der Waals surface area contributed by atoms with E-state index in [0.29, 0.717) is 36.5 Å². The van der Waals surface area contributed by atoms with E-state index in [1.54, 1.807) is 29.3 Å². The van der Waals surface area contributed by atoms with Gasteiger partial charge in [-0.2, -0.15) is 0 Å². The number of nitrogens with zero attached hydrogens (tertiary/aromatic N) is 3. The third-order valence-corrected chi connectivity index (χ3v) is 4.71. The summed E-state index contributed by atoms with van der Waals surface area (Å²) in [6, 6.07) is 10.8. The smallest absolute Gasteiger partial charge is 0.255 e. The molecule has 0 aliphatic carbocycles. The zero-order valence-corrected chi connectivity index (χ0v) is 15.0. The lowest BCUT2D eigenvalue weighted by Crippen LogP contribution is -2.44. The van der Waals surface area contributed by atoms with Crippen LogP contribution in [0.4, 0.5) is 0 Å². The number of ether oxygens (including phenoxy) is 1. The number of primary amides is 1. The molecule has 1 atom stereocenters. The highest BCUT2D eigenvalue weighted by atomic mass is 16.5. The van der Waals surface area contributed by atoms with Gasteiger partial charge in [0.05, 0.1) is 18.3 Å². The van der Waals surface area contributed by atoms with Crippen LogP contribution in [-0.4, -0.2) is 52.1 Å². The zero-order chi connectivity index (χ0) is 19.0. The molecule has 1 saturated heterocycles. The molecule has 7 nitrogen and oxygen atoms in total. The highest BCUT2D eigenvalue weighted by molar-refractivity contribution is 5.97. The Morgan fingerprint density at radius 2 is 2.07 bits per heavy atom. The molecule has 0 radical (unpaired) electrons. The van der Waals surface area contributed by atoms with Crippen molar-refractivity contribution in [3.05, 3.63) is 59.9 Å². The number of amides is 2. The van der Waals surface area contributed by atoms with Gasteiger partial charge in [-0.1, -0.05) is 6.07 Å². The molecule has 2 N–H and O–H groups in total. The number of rotatable bonds is 3. The number of hydrogen-bond donors (Lipinski definition) is 1. The van der Waals surface area contributed by atoms with Crippen LogP contribution in [0.15, 0.2) is 48.8 Å². The fourth-order valence-corrected chi connectivity index (χ4v) is 3.34. The standard InChI is InChI=1S/C20H20N4O3/c1-13-12-23(7-8-27-13)20(26)16-9-15-5-6-24(19(15)22-11-16)17-4-2-3-14(10-17)18(21)25/h2-6,9-11,13H,7-8,12H2,1H3,(H2,21,25). The number of hydrogen-bond acceptors (Lipinski definition) is 4. The Labute approximate surface area is 156 Å². The van der Waals surface area contributed by atoms with Crippen LogP contribution in [0, 0.1) is 0 Å². The quantitative estimate of drug-likeness (QED) is 0.769. The van der Waals surface area contributed by atoms with Crippen molar-refractivity contribution in [3.63, 3.8) is 0 Å². The summed E-state index contributed by atoms with van der Waals surface area (Å²) in [6.07, 6.45) is 3.50. The highest BCUT2D eigenvalue weighted by Gasteiger charge is 2.23. The van der Waals surface area contributed by atoms with Gasteiger partial charge in [0.25, 0.3) is 5.91 Å². The van der Waals surface area contributed by atoms with Crippen molar-refractivity contribution in [2.75, 3.05) is 19.7 Å². The van der Waals surface area contributed by atoms with E-state index in [1.807, 2.05) is 35.9 Å². The first kappa shape index (κ1) is 17.2. The molecular weight excluding hydrogens is 344 g/mol. The Morgan fingerprint density at radius 1 is 1.22 bits per heavy atom. The average Bonchev–Trinajstić information content (AvgIpc) is 3.10. The summed E-state index contributed by atoms with van der Waals surface area (Å²) < 4.78 is 7.37. The molecule has 1 aliphatic rings. The fraction of sp³-hybridized carbons (Fsp3) is 0.250. The van der Waals surface area contributed by atoms with Crippen molar-refractivity contribution >= 4 is 22.8 Å². The molecule has 1 unspecified atom stereocenters. The molecule has 0 bridgehead atoms. The Hall–Kier alpha value is -3.19. The van der Waals surface area contributed by atoms with E-state index in [2.05, 4.69) is 4.98 Å². The monoisotopic (exact) mass is 364 g/mol. The first-order chi connectivity index (χ1) is 13.0. The zero-order valence-electron chi connectivity index (χ0n) is 15.0. The topological polar surface area (TPSA) is 90.5 Å². The molecule has 3 heterocycles. The predicted octanol–water partition coefficient (Wildman–Crippen LogP) is 1.99. The van der Waals surface area contributed by atoms with Crippen LogP contribution in [0.3, 0.4) is 0 Å². The van der Waals surface area contributed by atoms with E-state index in [1.165, 1.54) is 0 Å². The van der Waals surface area contributed by atoms with Gasteiger partial charge in [-0.3, -0.25) is 9.59 Å². The predicted molar refractivity (Wildman–Crippen MR) is 101 cm³/mol. The van der Waals surface area contributed by atoms with Crippen LogP contribution >= 0.6 is 0 Å². The Balaban J connectivity index is 1.67. The summed E-state index contributed by atoms with van der Waals surface area (Å²) in [7, 11) is 0. The first-order valence-electron chi connectivity index (χ1n) is 8.81. The van der Waals surface area contributed by atoms with E-state index in [9.17, 15) is 9.59 Å². The number of fused-ring (bicyclic) bond motifs is 1. The molecule has 1 aromatic carbocycles. The Kier molecular flexibility index (Phi) is 4.37. The van der Waals surface area contributed by atoms with Crippen LogP contribution in [0.25, 0.3) is 16.7 Å². The van der Waals surface area contributed by atoms with Crippen LogP contribution in [0.1, 0.15) is 27.6 Å². The fourth-order valence-electron chi connectivity index (χ4n) is 3.34. The molecule has 3 aromatic rings. The molecule has 0 saturated carbocycles. The number of aromatic nitrogens is 2. The molecule has 2 amide bonds. The van der Waals surface area contributed by atoms with Crippen molar-refractivity contribution < 1.29 is 14.3 Å². The molecule has 4 rings (SSSR count). The summed E-state index contributed by atoms with van der Waals surface area (Å²) >= 11 is 0. The summed E-state index contributed by atoms with van der Waals surface area (Å²) in [5, 5.41) is 0.853. The molecule has 27 heavy (non-hydrogen) atoms. The number of carbonyl (C=O) groups is 2. The summed E-state index contributed by atoms with van der Waals surface area (Å²) in [6.45, 7) is 3.68. The first-order valence-corrected chi connectivity index (χ1v) is 8.81. The number of nitrogens with two attached hydrogens (primary N) is 1. The molecular formula is C20H20N4O3. The van der Waals surface area contributed by atoms with E-state index >= 15 is 0 Å². The van der Waals surface area contributed by atoms with Gasteiger partial charge in [-0.05, 0) is 37.3 Å². The lowest BCUT2D eigenvalue weighted by molar-refractivity contribution is -0.0124. The minimum absolute atomic E-state index is 0.0389. The van der Waals surface area contributed by atoms with Crippen LogP contribution in [-0.2, 0) is 4.74 Å². The second kappa shape index (κ2) is 6.85. The largest absolute Gasteiger partial charge is 0.375 e. The molecule has 1 fully saturated rings. The molecule has 0 spiro atoms. The lowest BCUT2D eigenvalue weighted by atomic mass is 10.2. The maximum absolute atomic E-state index is 12.8. The summed E-state index contributed by atoms with van der Waals surface area (Å²) in [4.78, 5) is 30.5. The molecule has 138 valence electrons. The van der Waals surface area contributed by atoms with Crippen LogP contribution in [0.5, 0.6) is 0 Å². The number of morpholine rings is 1. The van der Waals surface area contributed by atoms with E-state index in [0.717, 1.165) is 11.1 Å². The summed E-state index contributed by atoms with van der Waals surface area (Å²) in [5.74, 6) is -0.517. The minimum atomic E-state index is -0.478. The molecule has 7 heteroatoms. The number of benzene rings is 1. The van der Waals surface area contributed by atoms with Gasteiger partial charge < -0.3 is 19.9 Å². The van der Waals surface area contributed by atoms with E-state index in [4.69, 9.17) is 10.5 Å². The second-order valence-corrected chi connectivity index (χ2v) is 6.67. The van der Waals surface area contributed by atoms with Crippen molar-refractivity contribution in [1.29, 1.82) is 0 Å². The Morgan fingerprint density at radius 3 is 2.85 bits per heavy atom. The minimum Gasteiger partial charge on any atom is -0.375 e. The highest BCUT2D eigenvalue weighted by Crippen LogP contribution is 2.21. The van der Waals surface area contributed by atoms with Gasteiger partial charge in [-0.25, -0.2) is 4.98 Å². The summed E-state index contributed by atoms with van der Waals surface area (Å²) in [5.41, 5.74) is 7.85. The third kappa shape index (κ3) is 3.29. The van der Waals surface area contributed by atoms with Crippen molar-refractivity contribution in [3.8, 4) is 5.69 Å². The van der Waals surface area contributed by atoms with Crippen LogP contribution < -0.4 is 5.73 Å². The lowest BCUT2D eigenvalue weighted by Gasteiger charge is -2.31. The van der Waals surface area contributed by atoms with Crippen LogP contribution in [0.2, 0.25) is 0 Å². The molecule has 1 aliphatic heterocycles. The van der Waals surface area contributed by atoms with Crippen molar-refractivity contribution in [1.82, 2.24) is 14.5 Å². The van der Waals surface area contributed by atoms with Crippen molar-refractivity contribution in [2.24, 2.45) is 5.73 Å². The van der Waals surface area contributed by atoms with E-state index < -0.39 is 5.91 Å². The number of carbonyl (C=O) groups excluding carboxylic acids is 2. The Bertz CT molecular complexity index is 1030. The second-order valence-electron chi connectivity index (χ2n) is 6.67. The van der Waals surface area contributed by atoms with Gasteiger partial charge in [0, 0.05) is 42.1 Å². The van der Waals surface area contributed by atoms with E-state index in [-0.39, 0.29) is 12.0 Å². The third-order valence-electron chi connectivity index (χ3n) is 4.71.